The highest BCUT2D eigenvalue weighted by Crippen LogP contribution is 2.19. The second kappa shape index (κ2) is 8.50. The Morgan fingerprint density at radius 1 is 1.25 bits per heavy atom. The molecule has 0 aliphatic carbocycles. The molecule has 0 saturated carbocycles. The molecule has 0 aromatic carbocycles. The minimum Gasteiger partial charge on any atom is -0.394 e. The van der Waals surface area contributed by atoms with Gasteiger partial charge in [0.25, 0.3) is 0 Å². The predicted octanol–water partition coefficient (Wildman–Crippen LogP) is -0.698. The number of amides is 1. The lowest BCUT2D eigenvalue weighted by atomic mass is 10.4. The lowest BCUT2D eigenvalue weighted by molar-refractivity contribution is -0.127. The summed E-state index contributed by atoms with van der Waals surface area (Å²) in [5.74, 6) is -0.345. The van der Waals surface area contributed by atoms with Gasteiger partial charge in [0.15, 0.2) is 0 Å². The van der Waals surface area contributed by atoms with Crippen LogP contribution in [0.3, 0.4) is 0 Å². The largest absolute Gasteiger partial charge is 0.394 e. The van der Waals surface area contributed by atoms with Crippen molar-refractivity contribution in [2.45, 2.75) is 18.1 Å². The van der Waals surface area contributed by atoms with Gasteiger partial charge in [-0.15, -0.1) is 3.89 Å². The second-order valence-electron chi connectivity index (χ2n) is 4.44. The van der Waals surface area contributed by atoms with Crippen molar-refractivity contribution >= 4 is 16.1 Å². The van der Waals surface area contributed by atoms with E-state index in [-0.39, 0.29) is 32.1 Å². The Labute approximate surface area is 117 Å². The Kier molecular flexibility index (Phi) is 7.35. The van der Waals surface area contributed by atoms with Crippen LogP contribution in [0.5, 0.6) is 0 Å². The van der Waals surface area contributed by atoms with Crippen LogP contribution in [0, 0.1) is 0 Å². The number of carbonyl (C=O) groups excluding carboxylic acids is 1. The maximum absolute atomic E-state index is 12.8. The van der Waals surface area contributed by atoms with Crippen LogP contribution < -0.4 is 0 Å². The third-order valence-corrected chi connectivity index (χ3v) is 4.01. The van der Waals surface area contributed by atoms with Crippen molar-refractivity contribution in [3.8, 4) is 0 Å². The van der Waals surface area contributed by atoms with E-state index >= 15 is 0 Å². The van der Waals surface area contributed by atoms with Gasteiger partial charge in [-0.25, -0.2) is 0 Å². The van der Waals surface area contributed by atoms with Gasteiger partial charge in [0.1, 0.15) is 5.25 Å². The number of hydrogen-bond acceptors (Lipinski definition) is 6. The summed E-state index contributed by atoms with van der Waals surface area (Å²) < 4.78 is 44.4. The summed E-state index contributed by atoms with van der Waals surface area (Å²) in [5, 5.41) is 7.23. The number of hydrogen-bond donors (Lipinski definition) is 1. The second-order valence-corrected chi connectivity index (χ2v) is 6.06. The van der Waals surface area contributed by atoms with E-state index in [1.165, 1.54) is 4.90 Å². The van der Waals surface area contributed by atoms with Gasteiger partial charge in [-0.05, 0) is 6.42 Å². The van der Waals surface area contributed by atoms with Crippen molar-refractivity contribution in [2.24, 2.45) is 0 Å². The lowest BCUT2D eigenvalue weighted by Gasteiger charge is -2.15. The highest BCUT2D eigenvalue weighted by molar-refractivity contribution is 7.87. The molecule has 1 rings (SSSR count). The number of aliphatic hydroxyl groups excluding tert-OH is 1. The molecule has 9 heteroatoms. The monoisotopic (exact) mass is 313 g/mol. The van der Waals surface area contributed by atoms with Crippen LogP contribution in [0.25, 0.3) is 0 Å². The van der Waals surface area contributed by atoms with Crippen molar-refractivity contribution in [2.75, 3.05) is 46.1 Å². The van der Waals surface area contributed by atoms with E-state index < -0.39 is 15.5 Å². The third kappa shape index (κ3) is 6.12. The van der Waals surface area contributed by atoms with E-state index in [9.17, 15) is 17.1 Å². The quantitative estimate of drug-likeness (QED) is 0.423. The molecule has 1 N–H and O–H groups in total. The molecule has 1 unspecified atom stereocenters. The van der Waals surface area contributed by atoms with Crippen LogP contribution in [0.2, 0.25) is 0 Å². The number of rotatable bonds is 10. The maximum atomic E-state index is 12.8. The van der Waals surface area contributed by atoms with Gasteiger partial charge in [0, 0.05) is 26.1 Å². The summed E-state index contributed by atoms with van der Waals surface area (Å²) in [5.41, 5.74) is 0. The smallest absolute Gasteiger partial charge is 0.307 e. The maximum Gasteiger partial charge on any atom is 0.307 e. The van der Waals surface area contributed by atoms with Gasteiger partial charge >= 0.3 is 10.2 Å². The summed E-state index contributed by atoms with van der Waals surface area (Å²) >= 11 is 0. The molecule has 7 nitrogen and oxygen atoms in total. The van der Waals surface area contributed by atoms with E-state index in [0.29, 0.717) is 32.8 Å². The van der Waals surface area contributed by atoms with Crippen molar-refractivity contribution < 1.29 is 31.7 Å². The Morgan fingerprint density at radius 2 is 1.90 bits per heavy atom. The van der Waals surface area contributed by atoms with Crippen LogP contribution in [0.1, 0.15) is 12.8 Å². The average Bonchev–Trinajstić information content (AvgIpc) is 2.74. The molecular formula is C11H20FNO6S. The fourth-order valence-corrected chi connectivity index (χ4v) is 2.58. The normalized spacial score (nSPS) is 19.8. The predicted molar refractivity (Wildman–Crippen MR) is 68.4 cm³/mol. The van der Waals surface area contributed by atoms with Gasteiger partial charge in [-0.1, -0.05) is 0 Å². The van der Waals surface area contributed by atoms with Crippen LogP contribution in [0.15, 0.2) is 0 Å². The van der Waals surface area contributed by atoms with E-state index in [1.807, 2.05) is 0 Å². The molecule has 1 atom stereocenters. The molecule has 0 bridgehead atoms. The summed E-state index contributed by atoms with van der Waals surface area (Å²) in [6.45, 7) is 1.67. The number of halogens is 1. The zero-order chi connectivity index (χ0) is 15.0. The van der Waals surface area contributed by atoms with Crippen LogP contribution in [-0.2, 0) is 24.5 Å². The minimum atomic E-state index is -4.65. The van der Waals surface area contributed by atoms with Gasteiger partial charge in [-0.2, -0.15) is 8.42 Å². The molecule has 1 aliphatic heterocycles. The Balaban J connectivity index is 2.09. The van der Waals surface area contributed by atoms with Crippen LogP contribution >= 0.6 is 0 Å². The molecule has 1 aliphatic rings. The first kappa shape index (κ1) is 17.3. The molecule has 1 amide bonds. The first-order valence-electron chi connectivity index (χ1n) is 6.42. The molecular weight excluding hydrogens is 293 g/mol. The summed E-state index contributed by atoms with van der Waals surface area (Å²) in [4.78, 5) is 12.8. The number of aliphatic hydroxyl groups is 1. The van der Waals surface area contributed by atoms with Crippen molar-refractivity contribution in [3.63, 3.8) is 0 Å². The van der Waals surface area contributed by atoms with Gasteiger partial charge < -0.3 is 19.5 Å². The zero-order valence-corrected chi connectivity index (χ0v) is 12.0. The first-order chi connectivity index (χ1) is 9.45. The Bertz CT molecular complexity index is 402. The SMILES string of the molecule is O=C1CC(S(=O)(=O)F)CN1CCCOCCOCCO. The van der Waals surface area contributed by atoms with Crippen LogP contribution in [0.4, 0.5) is 3.89 Å². The third-order valence-electron chi connectivity index (χ3n) is 2.90. The average molecular weight is 313 g/mol. The highest BCUT2D eigenvalue weighted by atomic mass is 32.3. The molecule has 0 spiro atoms. The van der Waals surface area contributed by atoms with Gasteiger partial charge in [-0.3, -0.25) is 4.79 Å². The molecule has 118 valence electrons. The molecule has 0 radical (unpaired) electrons. The molecule has 1 fully saturated rings. The molecule has 0 aromatic heterocycles. The summed E-state index contributed by atoms with van der Waals surface area (Å²) in [6, 6.07) is 0. The Morgan fingerprint density at radius 3 is 2.45 bits per heavy atom. The minimum absolute atomic E-state index is 0.0320. The topological polar surface area (TPSA) is 93.1 Å². The van der Waals surface area contributed by atoms with E-state index in [2.05, 4.69) is 0 Å². The zero-order valence-electron chi connectivity index (χ0n) is 11.2. The van der Waals surface area contributed by atoms with Crippen molar-refractivity contribution in [1.29, 1.82) is 0 Å². The van der Waals surface area contributed by atoms with Gasteiger partial charge in [0.2, 0.25) is 5.91 Å². The number of carbonyl (C=O) groups is 1. The first-order valence-corrected chi connectivity index (χ1v) is 7.87. The number of ether oxygens (including phenoxy) is 2. The lowest BCUT2D eigenvalue weighted by Crippen LogP contribution is -2.29. The fourth-order valence-electron chi connectivity index (χ4n) is 1.88. The molecule has 0 aromatic rings. The molecule has 20 heavy (non-hydrogen) atoms. The fraction of sp³-hybridized carbons (Fsp3) is 0.909. The number of nitrogens with zero attached hydrogens (tertiary/aromatic N) is 1. The van der Waals surface area contributed by atoms with Crippen molar-refractivity contribution in [1.82, 2.24) is 4.90 Å². The van der Waals surface area contributed by atoms with Gasteiger partial charge in [0.05, 0.1) is 26.4 Å². The van der Waals surface area contributed by atoms with Crippen LogP contribution in [-0.4, -0.2) is 75.7 Å². The van der Waals surface area contributed by atoms with E-state index in [1.54, 1.807) is 0 Å². The Hall–Kier alpha value is -0.770. The van der Waals surface area contributed by atoms with Crippen molar-refractivity contribution in [3.05, 3.63) is 0 Å². The summed E-state index contributed by atoms with van der Waals surface area (Å²) in [7, 11) is -4.65. The van der Waals surface area contributed by atoms with E-state index in [4.69, 9.17) is 14.6 Å². The summed E-state index contributed by atoms with van der Waals surface area (Å²) in [6.07, 6.45) is 0.263. The molecule has 1 heterocycles. The van der Waals surface area contributed by atoms with E-state index in [0.717, 1.165) is 0 Å². The highest BCUT2D eigenvalue weighted by Gasteiger charge is 2.37. The molecule has 1 saturated heterocycles. The number of likely N-dealkylation sites (tertiary alicyclic amines) is 1. The standard InChI is InChI=1S/C11H20FNO6S/c12-20(16,17)10-8-11(15)13(9-10)2-1-4-18-6-7-19-5-3-14/h10,14H,1-9H2.